The Morgan fingerprint density at radius 3 is 0.273 bits per heavy atom. The molecule has 22 heteroatoms. The van der Waals surface area contributed by atoms with Gasteiger partial charge in [0.15, 0.2) is 0 Å². The molecule has 0 heterocycles. The van der Waals surface area contributed by atoms with Gasteiger partial charge in [-0.3, -0.25) is 29.3 Å². The van der Waals surface area contributed by atoms with Crippen molar-refractivity contribution in [1.29, 1.82) is 0 Å². The molecule has 0 amide bonds. The Labute approximate surface area is 256 Å². The van der Waals surface area contributed by atoms with Gasteiger partial charge in [-0.2, -0.15) is 0 Å². The van der Waals surface area contributed by atoms with Crippen molar-refractivity contribution in [3.05, 3.63) is 0 Å². The van der Waals surface area contributed by atoms with Gasteiger partial charge < -0.3 is 60.3 Å². The fourth-order valence-electron chi connectivity index (χ4n) is 0. The molecule has 0 saturated heterocycles. The first-order valence-electron chi connectivity index (χ1n) is 2.83. The van der Waals surface area contributed by atoms with Gasteiger partial charge in [0.05, 0.1) is 0 Å². The normalized spacial score (nSPS) is 4.91. The van der Waals surface area contributed by atoms with E-state index in [1.54, 1.807) is 0 Å². The van der Waals surface area contributed by atoms with Crippen molar-refractivity contribution < 1.29 is 119 Å². The summed E-state index contributed by atoms with van der Waals surface area (Å²) in [4.78, 5) is 0. The third kappa shape index (κ3) is 515. The van der Waals surface area contributed by atoms with Crippen LogP contribution in [0.15, 0.2) is 0 Å². The van der Waals surface area contributed by atoms with Crippen LogP contribution in [0.2, 0.25) is 0 Å². The van der Waals surface area contributed by atoms with Gasteiger partial charge >= 0.3 is 172 Å². The van der Waals surface area contributed by atoms with Gasteiger partial charge in [-0.15, -0.1) is 0 Å². The summed E-state index contributed by atoms with van der Waals surface area (Å²) in [6.07, 6.45) is 0. The van der Waals surface area contributed by atoms with Crippen LogP contribution in [0.3, 0.4) is 0 Å². The minimum atomic E-state index is -2.92. The van der Waals surface area contributed by atoms with E-state index in [0.717, 1.165) is 0 Å². The summed E-state index contributed by atoms with van der Waals surface area (Å²) in [6.45, 7) is 0. The molecule has 0 aliphatic rings. The SMILES string of the molecule is [Ca+2].[Ca+2].[Ca+2].[O-]B([O-])[O-].[O-]B([O-])[O-].[O-]B([O-])[O-].[O-]B([O-])[O-].[Zn+2].[Zn+2].[Zn+2]. The molecule has 12 nitrogen and oxygen atoms in total. The average Bonchev–Trinajstić information content (AvgIpc) is 1.76. The molecule has 0 bridgehead atoms. The van der Waals surface area contributed by atoms with Gasteiger partial charge in [-0.25, -0.2) is 0 Å². The minimum Gasteiger partial charge on any atom is -0.907 e. The topological polar surface area (TPSA) is 277 Å². The van der Waals surface area contributed by atoms with Gasteiger partial charge in [0.1, 0.15) is 0 Å². The smallest absolute Gasteiger partial charge is 0.907 e. The summed E-state index contributed by atoms with van der Waals surface area (Å²) in [6, 6.07) is 0. The predicted octanol–water partition coefficient (Wildman–Crippen LogP) is -16.9. The van der Waals surface area contributed by atoms with Gasteiger partial charge in [0.25, 0.3) is 0 Å². The molecule has 0 aliphatic heterocycles. The maximum atomic E-state index is 8.42. The molecule has 22 heavy (non-hydrogen) atoms. The van der Waals surface area contributed by atoms with E-state index in [1.165, 1.54) is 0 Å². The Bertz CT molecular complexity index is 80.6. The van der Waals surface area contributed by atoms with E-state index in [0.29, 0.717) is 0 Å². The number of hydrogen-bond donors (Lipinski definition) is 0. The fraction of sp³-hybridized carbons (Fsp3) is 0. The molecule has 0 N–H and O–H groups in total. The second-order valence-corrected chi connectivity index (χ2v) is 1.15. The molecule has 0 aromatic carbocycles. The Hall–Kier alpha value is 5.43. The first-order chi connectivity index (χ1) is 6.93. The van der Waals surface area contributed by atoms with Crippen LogP contribution in [0.4, 0.5) is 0 Å². The fourth-order valence-corrected chi connectivity index (χ4v) is 0. The van der Waals surface area contributed by atoms with Gasteiger partial charge in [-0.05, 0) is 0 Å². The van der Waals surface area contributed by atoms with Crippen LogP contribution in [-0.2, 0) is 58.4 Å². The van der Waals surface area contributed by atoms with E-state index in [4.69, 9.17) is 60.3 Å². The van der Waals surface area contributed by atoms with Crippen molar-refractivity contribution in [3.8, 4) is 0 Å². The first-order valence-corrected chi connectivity index (χ1v) is 2.83. The number of rotatable bonds is 0. The molecule has 0 atom stereocenters. The van der Waals surface area contributed by atoms with Gasteiger partial charge in [0.2, 0.25) is 0 Å². The molecule has 0 unspecified atom stereocenters. The average molecular weight is 552 g/mol. The van der Waals surface area contributed by atoms with Crippen molar-refractivity contribution in [2.24, 2.45) is 0 Å². The third-order valence-electron chi connectivity index (χ3n) is 0. The molecule has 0 aromatic heterocycles. The summed E-state index contributed by atoms with van der Waals surface area (Å²) in [7, 11) is -11.7. The zero-order chi connectivity index (χ0) is 14.3. The van der Waals surface area contributed by atoms with E-state index in [2.05, 4.69) is 0 Å². The predicted molar refractivity (Wildman–Crippen MR) is 40.3 cm³/mol. The molecule has 0 radical (unpaired) electrons. The molecule has 96 valence electrons. The molecule has 0 saturated carbocycles. The second-order valence-electron chi connectivity index (χ2n) is 1.15. The molecule has 0 fully saturated rings. The maximum absolute atomic E-state index is 8.42. The van der Waals surface area contributed by atoms with Crippen LogP contribution in [0, 0.1) is 0 Å². The summed E-state index contributed by atoms with van der Waals surface area (Å²) < 4.78 is 0. The Balaban J connectivity index is -0.00000001000. The monoisotopic (exact) mass is 548 g/mol. The standard InChI is InChI=1S/4BO3.3Ca.3Zn/c4*2-1(3)4;;;;;;/q4*-3;6*+2. The zero-order valence-corrected chi connectivity index (χ0v) is 27.0. The van der Waals surface area contributed by atoms with Crippen molar-refractivity contribution in [2.45, 2.75) is 0 Å². The summed E-state index contributed by atoms with van der Waals surface area (Å²) >= 11 is 0. The van der Waals surface area contributed by atoms with E-state index in [1.807, 2.05) is 0 Å². The largest absolute Gasteiger partial charge is 2.00 e. The van der Waals surface area contributed by atoms with Crippen molar-refractivity contribution >= 4 is 142 Å². The summed E-state index contributed by atoms with van der Waals surface area (Å²) in [5, 5.41) is 101. The second kappa shape index (κ2) is 56.3. The van der Waals surface area contributed by atoms with Crippen LogP contribution in [-0.4, -0.2) is 142 Å². The van der Waals surface area contributed by atoms with Crippen molar-refractivity contribution in [2.75, 3.05) is 0 Å². The van der Waals surface area contributed by atoms with Crippen molar-refractivity contribution in [1.82, 2.24) is 0 Å². The van der Waals surface area contributed by atoms with E-state index >= 15 is 0 Å². The minimum absolute atomic E-state index is 0. The zero-order valence-electron chi connectivity index (χ0n) is 11.5. The molecule has 0 aromatic rings. The van der Waals surface area contributed by atoms with E-state index in [9.17, 15) is 0 Å². The van der Waals surface area contributed by atoms with Crippen LogP contribution < -0.4 is 60.3 Å². The molecule has 0 spiro atoms. The van der Waals surface area contributed by atoms with Crippen LogP contribution in [0.1, 0.15) is 0 Å². The van der Waals surface area contributed by atoms with Crippen LogP contribution in [0.25, 0.3) is 0 Å². The van der Waals surface area contributed by atoms with Crippen molar-refractivity contribution in [3.63, 3.8) is 0 Å². The summed E-state index contributed by atoms with van der Waals surface area (Å²) in [5.74, 6) is 0. The Morgan fingerprint density at radius 2 is 0.273 bits per heavy atom. The Morgan fingerprint density at radius 1 is 0.273 bits per heavy atom. The van der Waals surface area contributed by atoms with Gasteiger partial charge in [-0.1, -0.05) is 0 Å². The van der Waals surface area contributed by atoms with E-state index in [-0.39, 0.29) is 172 Å². The van der Waals surface area contributed by atoms with E-state index < -0.39 is 29.3 Å². The molecule has 0 rings (SSSR count). The molecular weight excluding hydrogens is 552 g/mol. The number of hydrogen-bond acceptors (Lipinski definition) is 12. The van der Waals surface area contributed by atoms with Crippen LogP contribution in [0.5, 0.6) is 0 Å². The molecule has 0 aliphatic carbocycles. The third-order valence-corrected chi connectivity index (χ3v) is 0. The summed E-state index contributed by atoms with van der Waals surface area (Å²) in [5.41, 5.74) is 0. The first kappa shape index (κ1) is 63.1. The quantitative estimate of drug-likeness (QED) is 0.254. The van der Waals surface area contributed by atoms with Crippen LogP contribution >= 0.6 is 0 Å². The Kier molecular flexibility index (Phi) is 161. The maximum Gasteiger partial charge on any atom is 2.00 e. The molecular formula is B4Ca3O12Zn3. The van der Waals surface area contributed by atoms with Gasteiger partial charge in [0, 0.05) is 0 Å².